The van der Waals surface area contributed by atoms with E-state index in [2.05, 4.69) is 5.09 Å². The molecule has 0 aliphatic carbocycles. The van der Waals surface area contributed by atoms with E-state index in [0.29, 0.717) is 32.0 Å². The topological polar surface area (TPSA) is 58.6 Å². The minimum atomic E-state index is -3.25. The number of carbonyl (C=O) groups excluding carboxylic acids is 1. The maximum atomic E-state index is 12.2. The Morgan fingerprint density at radius 2 is 2.27 bits per heavy atom. The van der Waals surface area contributed by atoms with Crippen molar-refractivity contribution in [2.24, 2.45) is 0 Å². The second-order valence-corrected chi connectivity index (χ2v) is 5.70. The number of alkyl halides is 2. The molecular weight excluding hydrogens is 262 g/mol. The predicted molar refractivity (Wildman–Crippen MR) is 59.3 cm³/mol. The predicted octanol–water partition coefficient (Wildman–Crippen LogP) is 1.41. The number of nitrogens with one attached hydrogen (secondary N) is 1. The fraction of sp³-hybridized carbons (Fsp3) is 0.857. The molecule has 88 valence electrons. The molecule has 0 bridgehead atoms. The molecular formula is C7H13Cl2N2O3P. The SMILES string of the molecule is O=C(CCl)N1CCCO[P@@]1(=O)NCCCl. The monoisotopic (exact) mass is 274 g/mol. The van der Waals surface area contributed by atoms with Crippen molar-refractivity contribution in [2.45, 2.75) is 6.42 Å². The van der Waals surface area contributed by atoms with Crippen molar-refractivity contribution in [1.29, 1.82) is 0 Å². The number of hydrogen-bond acceptors (Lipinski definition) is 3. The Morgan fingerprint density at radius 3 is 2.87 bits per heavy atom. The van der Waals surface area contributed by atoms with Crippen molar-refractivity contribution in [2.75, 3.05) is 31.5 Å². The molecule has 0 aromatic heterocycles. The number of carbonyl (C=O) groups is 1. The minimum Gasteiger partial charge on any atom is -0.302 e. The third-order valence-corrected chi connectivity index (χ3v) is 4.54. The Balaban J connectivity index is 2.72. The molecule has 8 heteroatoms. The summed E-state index contributed by atoms with van der Waals surface area (Å²) in [6.45, 7) is 1.10. The van der Waals surface area contributed by atoms with Crippen LogP contribution in [-0.2, 0) is 13.9 Å². The molecule has 1 N–H and O–H groups in total. The first-order valence-electron chi connectivity index (χ1n) is 4.56. The van der Waals surface area contributed by atoms with Gasteiger partial charge in [-0.1, -0.05) is 0 Å². The summed E-state index contributed by atoms with van der Waals surface area (Å²) in [5.74, 6) is -0.284. The molecule has 5 nitrogen and oxygen atoms in total. The maximum Gasteiger partial charge on any atom is 0.370 e. The first-order valence-corrected chi connectivity index (χ1v) is 7.21. The molecule has 15 heavy (non-hydrogen) atoms. The maximum absolute atomic E-state index is 12.2. The van der Waals surface area contributed by atoms with Crippen molar-refractivity contribution >= 4 is 36.8 Å². The van der Waals surface area contributed by atoms with Crippen LogP contribution in [0.15, 0.2) is 0 Å². The molecule has 1 atom stereocenters. The number of halogens is 2. The summed E-state index contributed by atoms with van der Waals surface area (Å²) in [6, 6.07) is 0. The molecule has 0 spiro atoms. The van der Waals surface area contributed by atoms with Gasteiger partial charge in [-0.15, -0.1) is 23.2 Å². The van der Waals surface area contributed by atoms with E-state index in [1.54, 1.807) is 0 Å². The highest BCUT2D eigenvalue weighted by Gasteiger charge is 2.37. The van der Waals surface area contributed by atoms with E-state index in [4.69, 9.17) is 27.7 Å². The molecule has 1 fully saturated rings. The van der Waals surface area contributed by atoms with Crippen LogP contribution in [-0.4, -0.2) is 42.0 Å². The third kappa shape index (κ3) is 3.33. The van der Waals surface area contributed by atoms with Crippen LogP contribution in [0.3, 0.4) is 0 Å². The fourth-order valence-corrected chi connectivity index (χ4v) is 3.65. The number of hydrogen-bond donors (Lipinski definition) is 1. The van der Waals surface area contributed by atoms with Gasteiger partial charge < -0.3 is 4.52 Å². The van der Waals surface area contributed by atoms with E-state index in [1.807, 2.05) is 0 Å². The summed E-state index contributed by atoms with van der Waals surface area (Å²) in [4.78, 5) is 11.4. The molecule has 0 radical (unpaired) electrons. The van der Waals surface area contributed by atoms with Crippen molar-refractivity contribution in [3.05, 3.63) is 0 Å². The molecule has 1 heterocycles. The molecule has 0 aromatic carbocycles. The lowest BCUT2D eigenvalue weighted by molar-refractivity contribution is -0.125. The first-order chi connectivity index (χ1) is 7.14. The van der Waals surface area contributed by atoms with Gasteiger partial charge in [0.2, 0.25) is 5.91 Å². The van der Waals surface area contributed by atoms with Crippen LogP contribution in [0.1, 0.15) is 6.42 Å². The summed E-state index contributed by atoms with van der Waals surface area (Å²) in [5, 5.41) is 2.66. The number of amides is 1. The highest BCUT2D eigenvalue weighted by atomic mass is 35.5. The lowest BCUT2D eigenvalue weighted by Crippen LogP contribution is -2.39. The fourth-order valence-electron chi connectivity index (χ4n) is 1.26. The summed E-state index contributed by atoms with van der Waals surface area (Å²) in [5.41, 5.74) is 0. The van der Waals surface area contributed by atoms with Crippen LogP contribution in [0, 0.1) is 0 Å². The van der Waals surface area contributed by atoms with Gasteiger partial charge in [-0.05, 0) is 6.42 Å². The van der Waals surface area contributed by atoms with Crippen LogP contribution in [0.25, 0.3) is 0 Å². The van der Waals surface area contributed by atoms with Gasteiger partial charge in [0, 0.05) is 19.0 Å². The van der Waals surface area contributed by atoms with Gasteiger partial charge >= 0.3 is 7.67 Å². The average Bonchev–Trinajstić information content (AvgIpc) is 2.26. The molecule has 0 unspecified atom stereocenters. The number of nitrogens with zero attached hydrogens (tertiary/aromatic N) is 1. The van der Waals surface area contributed by atoms with Crippen molar-refractivity contribution in [1.82, 2.24) is 9.76 Å². The molecule has 1 aliphatic rings. The lowest BCUT2D eigenvalue weighted by atomic mass is 10.4. The van der Waals surface area contributed by atoms with Crippen LogP contribution in [0.4, 0.5) is 0 Å². The Hall–Kier alpha value is 0.200. The van der Waals surface area contributed by atoms with Crippen molar-refractivity contribution in [3.63, 3.8) is 0 Å². The van der Waals surface area contributed by atoms with Gasteiger partial charge in [0.1, 0.15) is 5.88 Å². The molecule has 1 rings (SSSR count). The van der Waals surface area contributed by atoms with Gasteiger partial charge in [0.15, 0.2) is 0 Å². The summed E-state index contributed by atoms with van der Waals surface area (Å²) in [7, 11) is -3.25. The zero-order valence-electron chi connectivity index (χ0n) is 8.12. The van der Waals surface area contributed by atoms with Gasteiger partial charge in [0.05, 0.1) is 6.61 Å². The number of rotatable bonds is 4. The minimum absolute atomic E-state index is 0.199. The Kier molecular flexibility index (Phi) is 5.36. The molecule has 0 saturated carbocycles. The van der Waals surface area contributed by atoms with Crippen molar-refractivity contribution in [3.8, 4) is 0 Å². The zero-order valence-corrected chi connectivity index (χ0v) is 10.5. The summed E-state index contributed by atoms with van der Waals surface area (Å²) in [6.07, 6.45) is 0.662. The van der Waals surface area contributed by atoms with Gasteiger partial charge in [-0.2, -0.15) is 0 Å². The molecule has 1 saturated heterocycles. The highest BCUT2D eigenvalue weighted by Crippen LogP contribution is 2.49. The van der Waals surface area contributed by atoms with Crippen molar-refractivity contribution < 1.29 is 13.9 Å². The second-order valence-electron chi connectivity index (χ2n) is 2.95. The van der Waals surface area contributed by atoms with E-state index < -0.39 is 7.67 Å². The van der Waals surface area contributed by atoms with E-state index >= 15 is 0 Å². The highest BCUT2D eigenvalue weighted by molar-refractivity contribution is 7.55. The van der Waals surface area contributed by atoms with Gasteiger partial charge in [0.25, 0.3) is 0 Å². The van der Waals surface area contributed by atoms with E-state index in [-0.39, 0.29) is 11.8 Å². The third-order valence-electron chi connectivity index (χ3n) is 1.91. The Bertz CT molecular complexity index is 277. The molecule has 0 aromatic rings. The smallest absolute Gasteiger partial charge is 0.302 e. The van der Waals surface area contributed by atoms with Gasteiger partial charge in [-0.25, -0.2) is 9.65 Å². The largest absolute Gasteiger partial charge is 0.370 e. The Morgan fingerprint density at radius 1 is 1.53 bits per heavy atom. The zero-order chi connectivity index (χ0) is 11.3. The van der Waals surface area contributed by atoms with E-state index in [0.717, 1.165) is 0 Å². The van der Waals surface area contributed by atoms with E-state index in [9.17, 15) is 9.36 Å². The van der Waals surface area contributed by atoms with Gasteiger partial charge in [-0.3, -0.25) is 9.46 Å². The Labute approximate surface area is 98.6 Å². The normalized spacial score (nSPS) is 26.7. The van der Waals surface area contributed by atoms with E-state index in [1.165, 1.54) is 4.67 Å². The lowest BCUT2D eigenvalue weighted by Gasteiger charge is -2.34. The standard InChI is InChI=1S/C7H13Cl2N2O3P/c8-2-3-10-15(13)11(7(12)6-9)4-1-5-14-15/h1-6H2,(H,10,13)/t15-/m0/s1. The van der Waals surface area contributed by atoms with Crippen LogP contribution in [0.5, 0.6) is 0 Å². The first kappa shape index (κ1) is 13.3. The molecule has 1 aliphatic heterocycles. The van der Waals surface area contributed by atoms with Crippen LogP contribution < -0.4 is 5.09 Å². The molecule has 1 amide bonds. The van der Waals surface area contributed by atoms with Crippen LogP contribution >= 0.6 is 30.9 Å². The van der Waals surface area contributed by atoms with Crippen LogP contribution in [0.2, 0.25) is 0 Å². The quantitative estimate of drug-likeness (QED) is 0.622. The second kappa shape index (κ2) is 6.06. The average molecular weight is 275 g/mol. The summed E-state index contributed by atoms with van der Waals surface area (Å²) < 4.78 is 18.5. The summed E-state index contributed by atoms with van der Waals surface area (Å²) >= 11 is 10.9.